The molecular weight excluding hydrogens is 384 g/mol. The third-order valence-corrected chi connectivity index (χ3v) is 5.58. The summed E-state index contributed by atoms with van der Waals surface area (Å²) in [6.45, 7) is 6.32. The van der Waals surface area contributed by atoms with E-state index in [2.05, 4.69) is 5.32 Å². The molecule has 0 aromatic heterocycles. The van der Waals surface area contributed by atoms with E-state index in [1.165, 1.54) is 12.0 Å². The first-order chi connectivity index (χ1) is 14.4. The molecule has 1 saturated heterocycles. The number of hydrogen-bond acceptors (Lipinski definition) is 5. The number of anilines is 1. The van der Waals surface area contributed by atoms with Crippen LogP contribution in [0.25, 0.3) is 0 Å². The number of hydrogen-bond donors (Lipinski definition) is 1. The number of nitrogens with one attached hydrogen (secondary N) is 1. The largest absolute Gasteiger partial charge is 0.493 e. The van der Waals surface area contributed by atoms with Crippen molar-refractivity contribution in [1.29, 1.82) is 0 Å². The van der Waals surface area contributed by atoms with Crippen molar-refractivity contribution >= 4 is 23.4 Å². The number of carbonyl (C=O) groups excluding carboxylic acids is 3. The minimum atomic E-state index is -0.840. The van der Waals surface area contributed by atoms with Crippen molar-refractivity contribution in [3.8, 4) is 11.5 Å². The molecule has 1 aromatic rings. The van der Waals surface area contributed by atoms with Crippen LogP contribution in [0.2, 0.25) is 0 Å². The Hall–Kier alpha value is -2.83. The van der Waals surface area contributed by atoms with Gasteiger partial charge in [0.15, 0.2) is 11.5 Å². The highest BCUT2D eigenvalue weighted by Gasteiger charge is 2.51. The van der Waals surface area contributed by atoms with Crippen molar-refractivity contribution in [2.24, 2.45) is 17.8 Å². The number of methoxy groups -OCH3 is 1. The summed E-state index contributed by atoms with van der Waals surface area (Å²) >= 11 is 0. The molecule has 162 valence electrons. The number of amides is 3. The van der Waals surface area contributed by atoms with Crippen LogP contribution in [0.3, 0.4) is 0 Å². The highest BCUT2D eigenvalue weighted by molar-refractivity contribution is 6.10. The molecule has 7 nitrogen and oxygen atoms in total. The summed E-state index contributed by atoms with van der Waals surface area (Å²) in [4.78, 5) is 40.4. The number of carbonyl (C=O) groups is 3. The van der Waals surface area contributed by atoms with Crippen molar-refractivity contribution in [1.82, 2.24) is 4.90 Å². The van der Waals surface area contributed by atoms with Crippen LogP contribution < -0.4 is 14.8 Å². The molecule has 1 N–H and O–H groups in total. The van der Waals surface area contributed by atoms with Gasteiger partial charge in [0, 0.05) is 11.8 Å². The van der Waals surface area contributed by atoms with E-state index in [9.17, 15) is 14.4 Å². The molecule has 0 saturated carbocycles. The van der Waals surface area contributed by atoms with Crippen molar-refractivity contribution in [3.05, 3.63) is 30.4 Å². The van der Waals surface area contributed by atoms with Crippen molar-refractivity contribution < 1.29 is 23.9 Å². The molecule has 2 aliphatic rings. The maximum atomic E-state index is 13.2. The molecule has 3 atom stereocenters. The van der Waals surface area contributed by atoms with E-state index in [1.54, 1.807) is 18.2 Å². The Balaban J connectivity index is 1.83. The van der Waals surface area contributed by atoms with Gasteiger partial charge in [0.1, 0.15) is 6.04 Å². The third-order valence-electron chi connectivity index (χ3n) is 5.58. The van der Waals surface area contributed by atoms with Gasteiger partial charge < -0.3 is 14.8 Å². The summed E-state index contributed by atoms with van der Waals surface area (Å²) < 4.78 is 10.9. The van der Waals surface area contributed by atoms with Crippen LogP contribution in [0.15, 0.2) is 30.4 Å². The van der Waals surface area contributed by atoms with E-state index in [0.29, 0.717) is 43.1 Å². The fourth-order valence-electron chi connectivity index (χ4n) is 4.16. The number of likely N-dealkylation sites (tertiary alicyclic amines) is 1. The molecule has 0 radical (unpaired) electrons. The van der Waals surface area contributed by atoms with E-state index in [-0.39, 0.29) is 35.5 Å². The fourth-order valence-corrected chi connectivity index (χ4v) is 4.16. The lowest BCUT2D eigenvalue weighted by Gasteiger charge is -2.27. The zero-order valence-corrected chi connectivity index (χ0v) is 18.0. The molecule has 1 aliphatic heterocycles. The SMILES string of the molecule is CCOc1ccc(NC(=O)[C@@H](CC(C)C)N2C(=O)[C@H]3CC=CC[C@H]3C2=O)cc1OC. The van der Waals surface area contributed by atoms with E-state index in [4.69, 9.17) is 9.47 Å². The van der Waals surface area contributed by atoms with Crippen LogP contribution in [0.5, 0.6) is 11.5 Å². The number of fused-ring (bicyclic) bond motifs is 1. The molecule has 0 spiro atoms. The smallest absolute Gasteiger partial charge is 0.247 e. The summed E-state index contributed by atoms with van der Waals surface area (Å²) in [5.41, 5.74) is 0.521. The molecule has 0 bridgehead atoms. The first kappa shape index (κ1) is 21.9. The Labute approximate surface area is 177 Å². The van der Waals surface area contributed by atoms with Crippen LogP contribution in [-0.2, 0) is 14.4 Å². The van der Waals surface area contributed by atoms with Crippen LogP contribution in [-0.4, -0.2) is 42.4 Å². The quantitative estimate of drug-likeness (QED) is 0.521. The first-order valence-corrected chi connectivity index (χ1v) is 10.5. The monoisotopic (exact) mass is 414 g/mol. The van der Waals surface area contributed by atoms with Gasteiger partial charge in [-0.2, -0.15) is 0 Å². The van der Waals surface area contributed by atoms with Gasteiger partial charge in [0.2, 0.25) is 17.7 Å². The lowest BCUT2D eigenvalue weighted by atomic mass is 9.85. The van der Waals surface area contributed by atoms with E-state index >= 15 is 0 Å². The third kappa shape index (κ3) is 4.35. The Morgan fingerprint density at radius 2 is 1.77 bits per heavy atom. The molecule has 3 amide bonds. The normalized spacial score (nSPS) is 21.6. The molecule has 1 fully saturated rings. The summed E-state index contributed by atoms with van der Waals surface area (Å²) in [5.74, 6) is -0.330. The van der Waals surface area contributed by atoms with Crippen LogP contribution in [0.4, 0.5) is 5.69 Å². The Kier molecular flexibility index (Phi) is 6.80. The lowest BCUT2D eigenvalue weighted by molar-refractivity contribution is -0.147. The lowest BCUT2D eigenvalue weighted by Crippen LogP contribution is -2.48. The van der Waals surface area contributed by atoms with Crippen molar-refractivity contribution in [2.75, 3.05) is 19.0 Å². The van der Waals surface area contributed by atoms with Crippen LogP contribution in [0, 0.1) is 17.8 Å². The van der Waals surface area contributed by atoms with E-state index in [1.807, 2.05) is 32.9 Å². The number of imide groups is 1. The maximum absolute atomic E-state index is 13.2. The molecule has 7 heteroatoms. The first-order valence-electron chi connectivity index (χ1n) is 10.5. The number of rotatable bonds is 8. The standard InChI is InChI=1S/C23H30N2O5/c1-5-30-19-11-10-15(13-20(19)29-4)24-21(26)18(12-14(2)3)25-22(27)16-8-6-7-9-17(16)23(25)28/h6-7,10-11,13-14,16-18H,5,8-9,12H2,1-4H3,(H,24,26)/t16-,17+,18-/m1/s1. The fraction of sp³-hybridized carbons (Fsp3) is 0.522. The summed E-state index contributed by atoms with van der Waals surface area (Å²) in [5, 5.41) is 2.85. The average molecular weight is 415 g/mol. The minimum absolute atomic E-state index is 0.136. The van der Waals surface area contributed by atoms with Gasteiger partial charge in [0.05, 0.1) is 25.6 Å². The molecule has 3 rings (SSSR count). The molecular formula is C23H30N2O5. The van der Waals surface area contributed by atoms with Gasteiger partial charge in [-0.05, 0) is 44.2 Å². The summed E-state index contributed by atoms with van der Waals surface area (Å²) in [7, 11) is 1.53. The maximum Gasteiger partial charge on any atom is 0.247 e. The van der Waals surface area contributed by atoms with Gasteiger partial charge in [-0.1, -0.05) is 26.0 Å². The van der Waals surface area contributed by atoms with Gasteiger partial charge in [-0.3, -0.25) is 19.3 Å². The Morgan fingerprint density at radius 3 is 2.30 bits per heavy atom. The minimum Gasteiger partial charge on any atom is -0.493 e. The average Bonchev–Trinajstić information content (AvgIpc) is 2.98. The predicted molar refractivity (Wildman–Crippen MR) is 113 cm³/mol. The number of allylic oxidation sites excluding steroid dienone is 2. The molecule has 1 aliphatic carbocycles. The second-order valence-corrected chi connectivity index (χ2v) is 8.14. The van der Waals surface area contributed by atoms with Gasteiger partial charge >= 0.3 is 0 Å². The predicted octanol–water partition coefficient (Wildman–Crippen LogP) is 3.40. The van der Waals surface area contributed by atoms with E-state index < -0.39 is 6.04 Å². The zero-order valence-electron chi connectivity index (χ0n) is 18.0. The second kappa shape index (κ2) is 9.32. The van der Waals surface area contributed by atoms with Crippen molar-refractivity contribution in [2.45, 2.75) is 46.1 Å². The zero-order chi connectivity index (χ0) is 21.8. The summed E-state index contributed by atoms with van der Waals surface area (Å²) in [6.07, 6.45) is 5.40. The number of nitrogens with zero attached hydrogens (tertiary/aromatic N) is 1. The Bertz CT molecular complexity index is 822. The van der Waals surface area contributed by atoms with Gasteiger partial charge in [-0.15, -0.1) is 0 Å². The highest BCUT2D eigenvalue weighted by Crippen LogP contribution is 2.37. The Morgan fingerprint density at radius 1 is 1.13 bits per heavy atom. The molecule has 30 heavy (non-hydrogen) atoms. The summed E-state index contributed by atoms with van der Waals surface area (Å²) in [6, 6.07) is 4.28. The molecule has 1 heterocycles. The van der Waals surface area contributed by atoms with Gasteiger partial charge in [0.25, 0.3) is 0 Å². The van der Waals surface area contributed by atoms with Crippen LogP contribution >= 0.6 is 0 Å². The number of benzene rings is 1. The van der Waals surface area contributed by atoms with Crippen molar-refractivity contribution in [3.63, 3.8) is 0 Å². The molecule has 1 aromatic carbocycles. The van der Waals surface area contributed by atoms with E-state index in [0.717, 1.165) is 0 Å². The number of ether oxygens (including phenoxy) is 2. The van der Waals surface area contributed by atoms with Gasteiger partial charge in [-0.25, -0.2) is 0 Å². The molecule has 0 unspecified atom stereocenters. The van der Waals surface area contributed by atoms with Crippen LogP contribution in [0.1, 0.15) is 40.0 Å². The second-order valence-electron chi connectivity index (χ2n) is 8.14. The highest BCUT2D eigenvalue weighted by atomic mass is 16.5. The topological polar surface area (TPSA) is 84.9 Å².